The number of hydrogen-bond acceptors (Lipinski definition) is 4. The maximum atomic E-state index is 13.1. The molecule has 1 saturated carbocycles. The summed E-state index contributed by atoms with van der Waals surface area (Å²) in [5, 5.41) is 3.27. The number of halogens is 2. The summed E-state index contributed by atoms with van der Waals surface area (Å²) in [6, 6.07) is 6.52. The molecule has 31 heavy (non-hydrogen) atoms. The molecule has 9 heteroatoms. The number of carbonyl (C=O) groups excluding carboxylic acids is 1. The molecule has 7 nitrogen and oxygen atoms in total. The van der Waals surface area contributed by atoms with Crippen molar-refractivity contribution in [2.75, 3.05) is 71.5 Å². The van der Waals surface area contributed by atoms with E-state index in [1.807, 2.05) is 16.8 Å². The summed E-state index contributed by atoms with van der Waals surface area (Å²) in [5.41, 5.74) is 0.998. The Morgan fingerprint density at radius 3 is 2.52 bits per heavy atom. The topological polar surface area (TPSA) is 60.4 Å². The van der Waals surface area contributed by atoms with Gasteiger partial charge in [-0.15, -0.1) is 24.0 Å². The van der Waals surface area contributed by atoms with Gasteiger partial charge < -0.3 is 24.8 Å². The number of guanidine groups is 1. The quantitative estimate of drug-likeness (QED) is 0.223. The molecular formula is C22H35FIN5O2. The van der Waals surface area contributed by atoms with E-state index in [9.17, 15) is 9.18 Å². The van der Waals surface area contributed by atoms with E-state index in [1.54, 1.807) is 19.2 Å². The van der Waals surface area contributed by atoms with E-state index in [2.05, 4.69) is 15.2 Å². The van der Waals surface area contributed by atoms with E-state index in [4.69, 9.17) is 4.74 Å². The van der Waals surface area contributed by atoms with Crippen LogP contribution in [0.5, 0.6) is 0 Å². The Labute approximate surface area is 202 Å². The number of carbonyl (C=O) groups is 1. The minimum absolute atomic E-state index is 0. The molecule has 1 N–H and O–H groups in total. The van der Waals surface area contributed by atoms with Gasteiger partial charge in [0.25, 0.3) is 0 Å². The minimum atomic E-state index is -0.230. The largest absolute Gasteiger partial charge is 0.379 e. The number of aliphatic imine (C=N–C) groups is 1. The number of benzene rings is 1. The standard InChI is InChI=1S/C22H34FN5O2.HI/c1-24-22(26(2)15-16-30-17-18-3-4-18)25-10-9-21(29)28-13-11-27(12-14-28)20-7-5-19(23)6-8-20;/h5-8,18H,3-4,9-17H2,1-2H3,(H,24,25);1H. The molecule has 174 valence electrons. The third-order valence-corrected chi connectivity index (χ3v) is 5.64. The van der Waals surface area contributed by atoms with Crippen molar-refractivity contribution in [1.82, 2.24) is 15.1 Å². The number of rotatable bonds is 9. The molecule has 0 bridgehead atoms. The first-order chi connectivity index (χ1) is 14.6. The van der Waals surface area contributed by atoms with E-state index in [0.29, 0.717) is 32.7 Å². The Bertz CT molecular complexity index is 706. The third kappa shape index (κ3) is 8.44. The summed E-state index contributed by atoms with van der Waals surface area (Å²) in [6.45, 7) is 5.76. The van der Waals surface area contributed by atoms with Crippen LogP contribution in [0.4, 0.5) is 10.1 Å². The van der Waals surface area contributed by atoms with Gasteiger partial charge in [0.1, 0.15) is 5.82 Å². The molecular weight excluding hydrogens is 512 g/mol. The Kier molecular flexibility index (Phi) is 10.8. The zero-order valence-corrected chi connectivity index (χ0v) is 20.9. The van der Waals surface area contributed by atoms with Crippen LogP contribution >= 0.6 is 24.0 Å². The average molecular weight is 547 g/mol. The zero-order chi connectivity index (χ0) is 21.3. The van der Waals surface area contributed by atoms with Crippen LogP contribution in [0.15, 0.2) is 29.3 Å². The van der Waals surface area contributed by atoms with E-state index in [-0.39, 0.29) is 35.7 Å². The molecule has 2 aliphatic rings. The van der Waals surface area contributed by atoms with E-state index < -0.39 is 0 Å². The lowest BCUT2D eigenvalue weighted by molar-refractivity contribution is -0.131. The molecule has 3 rings (SSSR count). The highest BCUT2D eigenvalue weighted by Crippen LogP contribution is 2.28. The number of piperazine rings is 1. The van der Waals surface area contributed by atoms with Crippen molar-refractivity contribution in [2.24, 2.45) is 10.9 Å². The van der Waals surface area contributed by atoms with Crippen LogP contribution in [0, 0.1) is 11.7 Å². The highest BCUT2D eigenvalue weighted by atomic mass is 127. The summed E-state index contributed by atoms with van der Waals surface area (Å²) in [4.78, 5) is 23.0. The van der Waals surface area contributed by atoms with Crippen molar-refractivity contribution < 1.29 is 13.9 Å². The molecule has 1 heterocycles. The van der Waals surface area contributed by atoms with Crippen molar-refractivity contribution >= 4 is 41.5 Å². The molecule has 0 radical (unpaired) electrons. The zero-order valence-electron chi connectivity index (χ0n) is 18.6. The van der Waals surface area contributed by atoms with Crippen LogP contribution in [0.1, 0.15) is 19.3 Å². The summed E-state index contributed by atoms with van der Waals surface area (Å²) >= 11 is 0. The number of anilines is 1. The number of nitrogens with zero attached hydrogens (tertiary/aromatic N) is 4. The molecule has 0 unspecified atom stereocenters. The van der Waals surface area contributed by atoms with E-state index >= 15 is 0 Å². The van der Waals surface area contributed by atoms with Crippen LogP contribution < -0.4 is 10.2 Å². The van der Waals surface area contributed by atoms with Gasteiger partial charge in [-0.3, -0.25) is 9.79 Å². The maximum Gasteiger partial charge on any atom is 0.224 e. The first-order valence-corrected chi connectivity index (χ1v) is 10.8. The van der Waals surface area contributed by atoms with Crippen molar-refractivity contribution in [3.8, 4) is 0 Å². The molecule has 2 fully saturated rings. The predicted octanol–water partition coefficient (Wildman–Crippen LogP) is 2.42. The van der Waals surface area contributed by atoms with Crippen molar-refractivity contribution in [2.45, 2.75) is 19.3 Å². The molecule has 1 aliphatic carbocycles. The van der Waals surface area contributed by atoms with Crippen molar-refractivity contribution in [3.05, 3.63) is 30.1 Å². The fourth-order valence-electron chi connectivity index (χ4n) is 3.53. The fourth-order valence-corrected chi connectivity index (χ4v) is 3.53. The molecule has 0 spiro atoms. The van der Waals surface area contributed by atoms with Crippen LogP contribution in [-0.4, -0.2) is 88.2 Å². The number of amides is 1. The van der Waals surface area contributed by atoms with Gasteiger partial charge >= 0.3 is 0 Å². The van der Waals surface area contributed by atoms with Crippen LogP contribution in [0.25, 0.3) is 0 Å². The van der Waals surface area contributed by atoms with E-state index in [0.717, 1.165) is 43.8 Å². The summed E-state index contributed by atoms with van der Waals surface area (Å²) in [6.07, 6.45) is 3.03. The number of likely N-dealkylation sites (N-methyl/N-ethyl adjacent to an activating group) is 1. The van der Waals surface area contributed by atoms with Gasteiger partial charge in [-0.2, -0.15) is 0 Å². The second kappa shape index (κ2) is 13.0. The first kappa shape index (κ1) is 25.6. The van der Waals surface area contributed by atoms with Gasteiger partial charge in [-0.25, -0.2) is 4.39 Å². The lowest BCUT2D eigenvalue weighted by Crippen LogP contribution is -2.49. The van der Waals surface area contributed by atoms with Crippen molar-refractivity contribution in [3.63, 3.8) is 0 Å². The van der Waals surface area contributed by atoms with Gasteiger partial charge in [-0.1, -0.05) is 0 Å². The number of ether oxygens (including phenoxy) is 1. The molecule has 1 aliphatic heterocycles. The monoisotopic (exact) mass is 547 g/mol. The minimum Gasteiger partial charge on any atom is -0.379 e. The SMILES string of the molecule is CN=C(NCCC(=O)N1CCN(c2ccc(F)cc2)CC1)N(C)CCOCC1CC1.I. The third-order valence-electron chi connectivity index (χ3n) is 5.64. The maximum absolute atomic E-state index is 13.1. The fraction of sp³-hybridized carbons (Fsp3) is 0.636. The number of nitrogens with one attached hydrogen (secondary N) is 1. The van der Waals surface area contributed by atoms with Crippen molar-refractivity contribution in [1.29, 1.82) is 0 Å². The molecule has 1 saturated heterocycles. The second-order valence-electron chi connectivity index (χ2n) is 8.01. The summed E-state index contributed by atoms with van der Waals surface area (Å²) in [5.74, 6) is 1.47. The smallest absolute Gasteiger partial charge is 0.224 e. The summed E-state index contributed by atoms with van der Waals surface area (Å²) in [7, 11) is 3.73. The number of hydrogen-bond donors (Lipinski definition) is 1. The van der Waals surface area contributed by atoms with Gasteiger partial charge in [-0.05, 0) is 43.0 Å². The molecule has 1 aromatic carbocycles. The average Bonchev–Trinajstić information content (AvgIpc) is 3.59. The molecule has 0 atom stereocenters. The van der Waals surface area contributed by atoms with Crippen LogP contribution in [0.2, 0.25) is 0 Å². The predicted molar refractivity (Wildman–Crippen MR) is 133 cm³/mol. The lowest BCUT2D eigenvalue weighted by Gasteiger charge is -2.36. The van der Waals surface area contributed by atoms with Gasteiger partial charge in [0.05, 0.1) is 6.61 Å². The Morgan fingerprint density at radius 2 is 1.90 bits per heavy atom. The van der Waals surface area contributed by atoms with Crippen LogP contribution in [-0.2, 0) is 9.53 Å². The Balaban J connectivity index is 0.00000341. The highest BCUT2D eigenvalue weighted by molar-refractivity contribution is 14.0. The first-order valence-electron chi connectivity index (χ1n) is 10.8. The second-order valence-corrected chi connectivity index (χ2v) is 8.01. The van der Waals surface area contributed by atoms with E-state index in [1.165, 1.54) is 25.0 Å². The van der Waals surface area contributed by atoms with Crippen LogP contribution in [0.3, 0.4) is 0 Å². The molecule has 1 amide bonds. The summed E-state index contributed by atoms with van der Waals surface area (Å²) < 4.78 is 18.8. The van der Waals surface area contributed by atoms with Gasteiger partial charge in [0.2, 0.25) is 5.91 Å². The Morgan fingerprint density at radius 1 is 1.23 bits per heavy atom. The molecule has 0 aromatic heterocycles. The highest BCUT2D eigenvalue weighted by Gasteiger charge is 2.22. The molecule has 1 aromatic rings. The Hall–Kier alpha value is -1.62. The van der Waals surface area contributed by atoms with Gasteiger partial charge in [0.15, 0.2) is 5.96 Å². The lowest BCUT2D eigenvalue weighted by atomic mass is 10.2. The van der Waals surface area contributed by atoms with Gasteiger partial charge in [0, 0.05) is 72.1 Å². The normalized spacial score (nSPS) is 16.7.